The molecule has 0 aromatic heterocycles. The average molecular weight is 450 g/mol. The quantitative estimate of drug-likeness (QED) is 0.710. The summed E-state index contributed by atoms with van der Waals surface area (Å²) in [5.41, 5.74) is 0.129. The molecule has 2 aromatic rings. The highest BCUT2D eigenvalue weighted by atomic mass is 127. The third-order valence-electron chi connectivity index (χ3n) is 2.39. The summed E-state index contributed by atoms with van der Waals surface area (Å²) in [6.07, 6.45) is 0. The maximum absolute atomic E-state index is 13.5. The Morgan fingerprint density at radius 2 is 1.95 bits per heavy atom. The normalized spacial score (nSPS) is 10.2. The van der Waals surface area contributed by atoms with Crippen molar-refractivity contribution in [1.29, 1.82) is 0 Å². The van der Waals surface area contributed by atoms with Gasteiger partial charge < -0.3 is 10.1 Å². The van der Waals surface area contributed by atoms with Gasteiger partial charge in [-0.2, -0.15) is 0 Å². The van der Waals surface area contributed by atoms with Gasteiger partial charge in [-0.3, -0.25) is 4.79 Å². The molecular formula is C14H10BrFINO2. The molecule has 0 heterocycles. The van der Waals surface area contributed by atoms with Gasteiger partial charge in [0.25, 0.3) is 5.91 Å². The van der Waals surface area contributed by atoms with Gasteiger partial charge in [0, 0.05) is 8.04 Å². The predicted molar refractivity (Wildman–Crippen MR) is 87.4 cm³/mol. The van der Waals surface area contributed by atoms with Crippen LogP contribution < -0.4 is 10.1 Å². The van der Waals surface area contributed by atoms with Gasteiger partial charge >= 0.3 is 0 Å². The second-order valence-corrected chi connectivity index (χ2v) is 6.08. The Balaban J connectivity index is 1.90. The van der Waals surface area contributed by atoms with Crippen LogP contribution in [0.15, 0.2) is 46.9 Å². The summed E-state index contributed by atoms with van der Waals surface area (Å²) >= 11 is 5.33. The van der Waals surface area contributed by atoms with Crippen LogP contribution in [0.3, 0.4) is 0 Å². The number of anilines is 1. The minimum Gasteiger partial charge on any atom is -0.484 e. The van der Waals surface area contributed by atoms with Crippen LogP contribution in [0, 0.1) is 9.39 Å². The first kappa shape index (κ1) is 15.2. The number of amides is 1. The predicted octanol–water partition coefficient (Wildman–Crippen LogP) is 4.21. The topological polar surface area (TPSA) is 38.3 Å². The van der Waals surface area contributed by atoms with E-state index in [1.807, 2.05) is 12.1 Å². The molecule has 0 fully saturated rings. The van der Waals surface area contributed by atoms with Crippen LogP contribution in [0.1, 0.15) is 0 Å². The lowest BCUT2D eigenvalue weighted by Crippen LogP contribution is -2.20. The summed E-state index contributed by atoms with van der Waals surface area (Å²) in [6, 6.07) is 11.7. The molecule has 1 amide bonds. The summed E-state index contributed by atoms with van der Waals surface area (Å²) in [4.78, 5) is 11.7. The lowest BCUT2D eigenvalue weighted by Gasteiger charge is -2.08. The maximum Gasteiger partial charge on any atom is 0.262 e. The fourth-order valence-corrected chi connectivity index (χ4v) is 2.15. The molecular weight excluding hydrogens is 440 g/mol. The Bertz CT molecular complexity index is 619. The zero-order valence-electron chi connectivity index (χ0n) is 10.2. The van der Waals surface area contributed by atoms with Crippen molar-refractivity contribution >= 4 is 50.1 Å². The summed E-state index contributed by atoms with van der Waals surface area (Å²) in [7, 11) is 0. The van der Waals surface area contributed by atoms with Gasteiger partial charge in [0.2, 0.25) is 0 Å². The van der Waals surface area contributed by atoms with E-state index in [9.17, 15) is 9.18 Å². The third kappa shape index (κ3) is 4.45. The lowest BCUT2D eigenvalue weighted by atomic mass is 10.3. The number of benzene rings is 2. The minimum atomic E-state index is -0.498. The minimum absolute atomic E-state index is 0.129. The number of nitrogens with one attached hydrogen (secondary N) is 1. The van der Waals surface area contributed by atoms with E-state index >= 15 is 0 Å². The molecule has 0 spiro atoms. The molecule has 0 aliphatic carbocycles. The SMILES string of the molecule is O=C(COc1ccc(I)cc1)Nc1ccc(Br)cc1F. The van der Waals surface area contributed by atoms with Crippen molar-refractivity contribution in [2.45, 2.75) is 0 Å². The van der Waals surface area contributed by atoms with E-state index in [1.54, 1.807) is 18.2 Å². The van der Waals surface area contributed by atoms with Crippen LogP contribution in [0.25, 0.3) is 0 Å². The first-order valence-corrected chi connectivity index (χ1v) is 7.55. The van der Waals surface area contributed by atoms with E-state index in [0.29, 0.717) is 10.2 Å². The molecule has 6 heteroatoms. The Kier molecular flexibility index (Phi) is 5.36. The van der Waals surface area contributed by atoms with E-state index in [0.717, 1.165) is 3.57 Å². The summed E-state index contributed by atoms with van der Waals surface area (Å²) in [5, 5.41) is 2.46. The largest absolute Gasteiger partial charge is 0.484 e. The van der Waals surface area contributed by atoms with Crippen molar-refractivity contribution < 1.29 is 13.9 Å². The van der Waals surface area contributed by atoms with E-state index in [4.69, 9.17) is 4.74 Å². The standard InChI is InChI=1S/C14H10BrFINO2/c15-9-1-6-13(12(16)7-9)18-14(19)8-20-11-4-2-10(17)3-5-11/h1-7H,8H2,(H,18,19). The Hall–Kier alpha value is -1.15. The van der Waals surface area contributed by atoms with Crippen molar-refractivity contribution in [3.8, 4) is 5.75 Å². The molecule has 2 rings (SSSR count). The zero-order valence-corrected chi connectivity index (χ0v) is 13.9. The monoisotopic (exact) mass is 449 g/mol. The van der Waals surface area contributed by atoms with Gasteiger partial charge in [-0.05, 0) is 65.1 Å². The van der Waals surface area contributed by atoms with Crippen LogP contribution in [-0.2, 0) is 4.79 Å². The van der Waals surface area contributed by atoms with E-state index in [1.165, 1.54) is 12.1 Å². The number of ether oxygens (including phenoxy) is 1. The molecule has 1 N–H and O–H groups in total. The third-order valence-corrected chi connectivity index (χ3v) is 3.60. The summed E-state index contributed by atoms with van der Waals surface area (Å²) in [5.74, 6) is -0.316. The van der Waals surface area contributed by atoms with Crippen LogP contribution in [0.4, 0.5) is 10.1 Å². The number of carbonyl (C=O) groups is 1. The fourth-order valence-electron chi connectivity index (χ4n) is 1.46. The number of halogens is 3. The fraction of sp³-hybridized carbons (Fsp3) is 0.0714. The van der Waals surface area contributed by atoms with Crippen molar-refractivity contribution in [3.05, 3.63) is 56.3 Å². The highest BCUT2D eigenvalue weighted by Gasteiger charge is 2.08. The molecule has 0 radical (unpaired) electrons. The van der Waals surface area contributed by atoms with Crippen LogP contribution in [0.5, 0.6) is 5.75 Å². The molecule has 2 aromatic carbocycles. The highest BCUT2D eigenvalue weighted by Crippen LogP contribution is 2.19. The molecule has 20 heavy (non-hydrogen) atoms. The Morgan fingerprint density at radius 3 is 2.60 bits per heavy atom. The molecule has 0 aliphatic heterocycles. The van der Waals surface area contributed by atoms with Crippen molar-refractivity contribution in [2.75, 3.05) is 11.9 Å². The average Bonchev–Trinajstić information content (AvgIpc) is 2.41. The molecule has 0 aliphatic rings. The van der Waals surface area contributed by atoms with E-state index in [2.05, 4.69) is 43.8 Å². The smallest absolute Gasteiger partial charge is 0.262 e. The molecule has 3 nitrogen and oxygen atoms in total. The first-order valence-electron chi connectivity index (χ1n) is 5.68. The van der Waals surface area contributed by atoms with Gasteiger partial charge in [0.15, 0.2) is 6.61 Å². The second kappa shape index (κ2) is 7.03. The Morgan fingerprint density at radius 1 is 1.25 bits per heavy atom. The van der Waals surface area contributed by atoms with E-state index in [-0.39, 0.29) is 12.3 Å². The molecule has 0 saturated carbocycles. The molecule has 0 atom stereocenters. The van der Waals surface area contributed by atoms with Crippen LogP contribution >= 0.6 is 38.5 Å². The van der Waals surface area contributed by atoms with Gasteiger partial charge in [0.1, 0.15) is 11.6 Å². The molecule has 104 valence electrons. The number of carbonyl (C=O) groups excluding carboxylic acids is 1. The Labute approximate surface area is 137 Å². The molecule has 0 bridgehead atoms. The zero-order chi connectivity index (χ0) is 14.5. The highest BCUT2D eigenvalue weighted by molar-refractivity contribution is 14.1. The summed E-state index contributed by atoms with van der Waals surface area (Å²) < 4.78 is 20.5. The summed E-state index contributed by atoms with van der Waals surface area (Å²) in [6.45, 7) is -0.171. The van der Waals surface area contributed by atoms with Crippen LogP contribution in [-0.4, -0.2) is 12.5 Å². The number of hydrogen-bond donors (Lipinski definition) is 1. The van der Waals surface area contributed by atoms with Gasteiger partial charge in [-0.25, -0.2) is 4.39 Å². The second-order valence-electron chi connectivity index (χ2n) is 3.91. The van der Waals surface area contributed by atoms with Crippen molar-refractivity contribution in [1.82, 2.24) is 0 Å². The lowest BCUT2D eigenvalue weighted by molar-refractivity contribution is -0.118. The van der Waals surface area contributed by atoms with E-state index < -0.39 is 11.7 Å². The number of rotatable bonds is 4. The van der Waals surface area contributed by atoms with Crippen molar-refractivity contribution in [2.24, 2.45) is 0 Å². The van der Waals surface area contributed by atoms with Gasteiger partial charge in [-0.1, -0.05) is 15.9 Å². The first-order chi connectivity index (χ1) is 9.54. The van der Waals surface area contributed by atoms with Gasteiger partial charge in [-0.15, -0.1) is 0 Å². The van der Waals surface area contributed by atoms with Crippen LogP contribution in [0.2, 0.25) is 0 Å². The van der Waals surface area contributed by atoms with Gasteiger partial charge in [0.05, 0.1) is 5.69 Å². The molecule has 0 saturated heterocycles. The maximum atomic E-state index is 13.5. The van der Waals surface area contributed by atoms with Crippen molar-refractivity contribution in [3.63, 3.8) is 0 Å². The molecule has 0 unspecified atom stereocenters. The number of hydrogen-bond acceptors (Lipinski definition) is 2.